The molecule has 0 fully saturated rings. The second kappa shape index (κ2) is 5.48. The zero-order valence-electron chi connectivity index (χ0n) is 11.2. The lowest BCUT2D eigenvalue weighted by Crippen LogP contribution is -2.08. The zero-order chi connectivity index (χ0) is 14.0. The van der Waals surface area contributed by atoms with E-state index in [4.69, 9.17) is 5.73 Å². The molecule has 2 aromatic rings. The minimum atomic E-state index is -0.162. The van der Waals surface area contributed by atoms with Gasteiger partial charge in [0.25, 0.3) is 5.56 Å². The lowest BCUT2D eigenvalue weighted by atomic mass is 10.2. The van der Waals surface area contributed by atoms with E-state index in [1.54, 1.807) is 11.6 Å². The second-order valence-electron chi connectivity index (χ2n) is 4.33. The third-order valence-corrected chi connectivity index (χ3v) is 3.70. The molecule has 0 amide bonds. The highest BCUT2D eigenvalue weighted by atomic mass is 32.2. The first-order valence-corrected chi connectivity index (χ1v) is 6.90. The number of rotatable bonds is 4. The van der Waals surface area contributed by atoms with E-state index in [0.717, 1.165) is 23.6 Å². The van der Waals surface area contributed by atoms with Crippen molar-refractivity contribution in [2.24, 2.45) is 7.05 Å². The van der Waals surface area contributed by atoms with Gasteiger partial charge in [-0.15, -0.1) is 0 Å². The number of H-pyrrole nitrogens is 1. The summed E-state index contributed by atoms with van der Waals surface area (Å²) in [6, 6.07) is 1.46. The van der Waals surface area contributed by atoms with Crippen LogP contribution in [-0.4, -0.2) is 19.7 Å². The molecule has 2 rings (SSSR count). The number of aromatic amines is 1. The van der Waals surface area contributed by atoms with Crippen molar-refractivity contribution in [3.63, 3.8) is 0 Å². The highest BCUT2D eigenvalue weighted by Gasteiger charge is 2.15. The van der Waals surface area contributed by atoms with Gasteiger partial charge in [-0.2, -0.15) is 5.10 Å². The third kappa shape index (κ3) is 2.98. The number of nitrogens with zero attached hydrogens (tertiary/aromatic N) is 3. The summed E-state index contributed by atoms with van der Waals surface area (Å²) < 4.78 is 1.73. The Morgan fingerprint density at radius 2 is 2.26 bits per heavy atom. The van der Waals surface area contributed by atoms with Crippen LogP contribution in [0.25, 0.3) is 0 Å². The van der Waals surface area contributed by atoms with Crippen molar-refractivity contribution in [3.8, 4) is 0 Å². The van der Waals surface area contributed by atoms with Gasteiger partial charge >= 0.3 is 0 Å². The van der Waals surface area contributed by atoms with E-state index in [2.05, 4.69) is 22.0 Å². The fourth-order valence-electron chi connectivity index (χ4n) is 1.81. The molecule has 19 heavy (non-hydrogen) atoms. The Morgan fingerprint density at radius 3 is 2.89 bits per heavy atom. The van der Waals surface area contributed by atoms with Crippen molar-refractivity contribution in [2.75, 3.05) is 5.73 Å². The number of nitrogen functional groups attached to an aromatic ring is 1. The molecule has 0 aliphatic carbocycles. The van der Waals surface area contributed by atoms with Gasteiger partial charge in [-0.05, 0) is 25.1 Å². The van der Waals surface area contributed by atoms with Crippen molar-refractivity contribution in [2.45, 2.75) is 36.9 Å². The molecule has 0 bridgehead atoms. The number of anilines is 1. The van der Waals surface area contributed by atoms with E-state index in [-0.39, 0.29) is 5.56 Å². The van der Waals surface area contributed by atoms with Gasteiger partial charge in [0, 0.05) is 18.8 Å². The average molecular weight is 279 g/mol. The molecular formula is C12H17N5OS. The minimum absolute atomic E-state index is 0.162. The number of nitrogens with two attached hydrogens (primary N) is 1. The van der Waals surface area contributed by atoms with E-state index in [1.807, 2.05) is 7.05 Å². The van der Waals surface area contributed by atoms with Crippen molar-refractivity contribution >= 4 is 17.4 Å². The topological polar surface area (TPSA) is 89.6 Å². The molecule has 2 aromatic heterocycles. The van der Waals surface area contributed by atoms with Crippen molar-refractivity contribution in [1.29, 1.82) is 0 Å². The minimum Gasteiger partial charge on any atom is -0.395 e. The highest BCUT2D eigenvalue weighted by Crippen LogP contribution is 2.31. The van der Waals surface area contributed by atoms with Crippen LogP contribution in [0.15, 0.2) is 21.0 Å². The SMILES string of the molecule is CCCc1nn(C)c(Sc2nc(C)cc(=O)[nH]2)c1N. The number of nitrogens with one attached hydrogen (secondary N) is 1. The standard InChI is InChI=1S/C12H17N5OS/c1-4-5-8-10(13)11(17(3)16-8)19-12-14-7(2)6-9(18)15-12/h6H,4-5,13H2,1-3H3,(H,14,15,18). The maximum Gasteiger partial charge on any atom is 0.251 e. The van der Waals surface area contributed by atoms with Gasteiger partial charge in [0.05, 0.1) is 11.4 Å². The molecule has 3 N–H and O–H groups in total. The fraction of sp³-hybridized carbons (Fsp3) is 0.417. The average Bonchev–Trinajstić information content (AvgIpc) is 2.56. The Morgan fingerprint density at radius 1 is 1.53 bits per heavy atom. The molecule has 6 nitrogen and oxygen atoms in total. The molecule has 0 saturated heterocycles. The molecule has 0 spiro atoms. The molecule has 2 heterocycles. The zero-order valence-corrected chi connectivity index (χ0v) is 12.0. The largest absolute Gasteiger partial charge is 0.395 e. The Hall–Kier alpha value is -1.76. The summed E-state index contributed by atoms with van der Waals surface area (Å²) in [6.45, 7) is 3.87. The van der Waals surface area contributed by atoms with Gasteiger partial charge in [-0.25, -0.2) is 4.98 Å². The van der Waals surface area contributed by atoms with Gasteiger partial charge in [0.15, 0.2) is 5.16 Å². The van der Waals surface area contributed by atoms with E-state index < -0.39 is 0 Å². The van der Waals surface area contributed by atoms with Crippen LogP contribution in [-0.2, 0) is 13.5 Å². The summed E-state index contributed by atoms with van der Waals surface area (Å²) in [7, 11) is 1.84. The van der Waals surface area contributed by atoms with Gasteiger partial charge < -0.3 is 10.7 Å². The normalized spacial score (nSPS) is 10.9. The lowest BCUT2D eigenvalue weighted by Gasteiger charge is -2.03. The monoisotopic (exact) mass is 279 g/mol. The summed E-state index contributed by atoms with van der Waals surface area (Å²) in [5.74, 6) is 0. The van der Waals surface area contributed by atoms with Crippen LogP contribution in [0.4, 0.5) is 5.69 Å². The van der Waals surface area contributed by atoms with Crippen LogP contribution in [0.2, 0.25) is 0 Å². The Balaban J connectivity index is 2.35. The Kier molecular flexibility index (Phi) is 3.94. The molecule has 0 saturated carbocycles. The van der Waals surface area contributed by atoms with Crippen molar-refractivity contribution in [1.82, 2.24) is 19.7 Å². The molecule has 7 heteroatoms. The van der Waals surface area contributed by atoms with Crippen molar-refractivity contribution in [3.05, 3.63) is 27.8 Å². The second-order valence-corrected chi connectivity index (χ2v) is 5.31. The fourth-order valence-corrected chi connectivity index (χ4v) is 2.74. The smallest absolute Gasteiger partial charge is 0.251 e. The van der Waals surface area contributed by atoms with Crippen LogP contribution in [0.3, 0.4) is 0 Å². The number of hydrogen-bond acceptors (Lipinski definition) is 5. The quantitative estimate of drug-likeness (QED) is 0.828. The Labute approximate surface area is 115 Å². The first-order chi connectivity index (χ1) is 9.01. The molecule has 0 unspecified atom stereocenters. The van der Waals surface area contributed by atoms with Gasteiger partial charge in [-0.3, -0.25) is 9.48 Å². The number of aryl methyl sites for hydroxylation is 3. The van der Waals surface area contributed by atoms with Crippen molar-refractivity contribution < 1.29 is 0 Å². The van der Waals surface area contributed by atoms with E-state index in [0.29, 0.717) is 16.5 Å². The summed E-state index contributed by atoms with van der Waals surface area (Å²) in [4.78, 5) is 18.4. The summed E-state index contributed by atoms with van der Waals surface area (Å²) >= 11 is 1.32. The lowest BCUT2D eigenvalue weighted by molar-refractivity contribution is 0.680. The molecule has 0 atom stereocenters. The highest BCUT2D eigenvalue weighted by molar-refractivity contribution is 7.99. The van der Waals surface area contributed by atoms with Crippen LogP contribution in [0.5, 0.6) is 0 Å². The molecule has 0 aromatic carbocycles. The first-order valence-electron chi connectivity index (χ1n) is 6.08. The molecule has 0 aliphatic heterocycles. The van der Waals surface area contributed by atoms with E-state index in [9.17, 15) is 4.79 Å². The van der Waals surface area contributed by atoms with Gasteiger partial charge in [0.1, 0.15) is 5.03 Å². The molecule has 0 radical (unpaired) electrons. The van der Waals surface area contributed by atoms with E-state index in [1.165, 1.54) is 17.8 Å². The summed E-state index contributed by atoms with van der Waals surface area (Å²) in [5, 5.41) is 5.73. The van der Waals surface area contributed by atoms with Gasteiger partial charge in [0.2, 0.25) is 0 Å². The van der Waals surface area contributed by atoms with Crippen LogP contribution < -0.4 is 11.3 Å². The van der Waals surface area contributed by atoms with Crippen LogP contribution >= 0.6 is 11.8 Å². The molecular weight excluding hydrogens is 262 g/mol. The summed E-state index contributed by atoms with van der Waals surface area (Å²) in [6.07, 6.45) is 1.84. The Bertz CT molecular complexity index is 646. The van der Waals surface area contributed by atoms with Crippen LogP contribution in [0, 0.1) is 6.92 Å². The third-order valence-electron chi connectivity index (χ3n) is 2.63. The predicted molar refractivity (Wildman–Crippen MR) is 75.3 cm³/mol. The molecule has 102 valence electrons. The number of hydrogen-bond donors (Lipinski definition) is 2. The maximum atomic E-state index is 11.4. The van der Waals surface area contributed by atoms with Gasteiger partial charge in [-0.1, -0.05) is 13.3 Å². The van der Waals surface area contributed by atoms with E-state index >= 15 is 0 Å². The number of aromatic nitrogens is 4. The summed E-state index contributed by atoms with van der Waals surface area (Å²) in [5.41, 5.74) is 8.17. The maximum absolute atomic E-state index is 11.4. The first kappa shape index (κ1) is 13.7. The molecule has 0 aliphatic rings. The van der Waals surface area contributed by atoms with Crippen LogP contribution in [0.1, 0.15) is 24.7 Å². The predicted octanol–water partition coefficient (Wildman–Crippen LogP) is 1.50.